The summed E-state index contributed by atoms with van der Waals surface area (Å²) in [6, 6.07) is 11.2. The van der Waals surface area contributed by atoms with Gasteiger partial charge >= 0.3 is 0 Å². The molecule has 2 aromatic carbocycles. The zero-order valence-electron chi connectivity index (χ0n) is 22.9. The molecule has 40 heavy (non-hydrogen) atoms. The van der Waals surface area contributed by atoms with E-state index in [4.69, 9.17) is 21.1 Å². The number of ether oxygens (including phenoxy) is 2. The molecule has 1 amide bonds. The maximum Gasteiger partial charge on any atom is 0.264 e. The van der Waals surface area contributed by atoms with Crippen molar-refractivity contribution in [1.29, 1.82) is 0 Å². The monoisotopic (exact) mass is 584 g/mol. The molecule has 4 atom stereocenters. The number of rotatable bonds is 1. The maximum absolute atomic E-state index is 13.2. The second-order valence-corrected chi connectivity index (χ2v) is 13.9. The average Bonchev–Trinajstić information content (AvgIpc) is 3.06. The topological polar surface area (TPSA) is 84.9 Å². The molecule has 214 valence electrons. The van der Waals surface area contributed by atoms with Crippen LogP contribution in [0.5, 0.6) is 5.75 Å². The van der Waals surface area contributed by atoms with Gasteiger partial charge in [0.1, 0.15) is 5.75 Å². The Morgan fingerprint density at radius 3 is 2.80 bits per heavy atom. The van der Waals surface area contributed by atoms with Crippen LogP contribution in [0.2, 0.25) is 5.02 Å². The van der Waals surface area contributed by atoms with Crippen LogP contribution in [0.3, 0.4) is 0 Å². The van der Waals surface area contributed by atoms with E-state index in [1.54, 1.807) is 19.2 Å². The molecule has 0 radical (unpaired) electrons. The summed E-state index contributed by atoms with van der Waals surface area (Å²) in [5.41, 5.74) is 3.05. The second-order valence-electron chi connectivity index (χ2n) is 11.8. The summed E-state index contributed by atoms with van der Waals surface area (Å²) in [6.45, 7) is 1.99. The van der Waals surface area contributed by atoms with Crippen LogP contribution in [0.4, 0.5) is 5.69 Å². The minimum atomic E-state index is -4.02. The highest BCUT2D eigenvalue weighted by atomic mass is 35.5. The van der Waals surface area contributed by atoms with Crippen molar-refractivity contribution in [1.82, 2.24) is 4.72 Å². The number of anilines is 1. The fourth-order valence-corrected chi connectivity index (χ4v) is 8.29. The lowest BCUT2D eigenvalue weighted by atomic mass is 9.68. The van der Waals surface area contributed by atoms with Gasteiger partial charge in [-0.2, -0.15) is 0 Å². The number of carbonyl (C=O) groups excluding carboxylic acids is 1. The largest absolute Gasteiger partial charge is 0.490 e. The number of amides is 1. The van der Waals surface area contributed by atoms with Gasteiger partial charge in [0.2, 0.25) is 5.91 Å². The Bertz CT molecular complexity index is 1430. The number of nitrogens with one attached hydrogen (secondary N) is 1. The number of fused-ring (bicyclic) bond motifs is 4. The molecule has 2 aliphatic heterocycles. The summed E-state index contributed by atoms with van der Waals surface area (Å²) >= 11 is 6.38. The van der Waals surface area contributed by atoms with Gasteiger partial charge in [0, 0.05) is 37.1 Å². The molecule has 9 heteroatoms. The average molecular weight is 585 g/mol. The fraction of sp³-hybridized carbons (Fsp3) is 0.516. The Kier molecular flexibility index (Phi) is 7.61. The molecule has 2 bridgehead atoms. The van der Waals surface area contributed by atoms with Gasteiger partial charge in [-0.25, -0.2) is 13.1 Å². The molecule has 1 saturated carbocycles. The van der Waals surface area contributed by atoms with Crippen LogP contribution in [0.15, 0.2) is 53.4 Å². The smallest absolute Gasteiger partial charge is 0.264 e. The molecule has 2 aliphatic carbocycles. The Labute approximate surface area is 241 Å². The summed E-state index contributed by atoms with van der Waals surface area (Å²) < 4.78 is 41.2. The Hall–Kier alpha value is -2.55. The normalized spacial score (nSPS) is 30.6. The third-order valence-corrected chi connectivity index (χ3v) is 10.9. The van der Waals surface area contributed by atoms with Crippen molar-refractivity contribution in [2.24, 2.45) is 11.8 Å². The minimum Gasteiger partial charge on any atom is -0.490 e. The zero-order valence-corrected chi connectivity index (χ0v) is 24.5. The van der Waals surface area contributed by atoms with Crippen molar-refractivity contribution in [3.05, 3.63) is 64.7 Å². The number of benzene rings is 2. The molecular formula is C31H37ClN2O5S. The van der Waals surface area contributed by atoms with Crippen molar-refractivity contribution in [2.75, 3.05) is 31.7 Å². The van der Waals surface area contributed by atoms with Gasteiger partial charge in [-0.05, 0) is 98.2 Å². The van der Waals surface area contributed by atoms with E-state index in [2.05, 4.69) is 33.9 Å². The molecule has 2 aromatic rings. The van der Waals surface area contributed by atoms with Gasteiger partial charge in [0.05, 0.1) is 23.3 Å². The molecule has 0 unspecified atom stereocenters. The van der Waals surface area contributed by atoms with E-state index in [1.165, 1.54) is 17.2 Å². The molecule has 7 nitrogen and oxygen atoms in total. The van der Waals surface area contributed by atoms with Gasteiger partial charge in [0.15, 0.2) is 0 Å². The maximum atomic E-state index is 13.2. The standard InChI is InChI=1S/C31H37ClN2O5S/c1-38-28-7-3-2-4-8-30(35)33-40(36,37)24-11-14-29-27(17-24)34(18-22-9-12-25(22)28)19-31(20-39-29)15-5-6-21-16-23(32)10-13-26(21)31/h3,7,10-11,13-14,16-17,22,25,28H,2,4-6,8-9,12,15,18-20H2,1H3,(H,33,35)/b7-3+/t22-,25+,28-,31-/m0/s1. The van der Waals surface area contributed by atoms with Crippen LogP contribution in [-0.4, -0.2) is 47.2 Å². The van der Waals surface area contributed by atoms with Crippen molar-refractivity contribution < 1.29 is 22.7 Å². The number of hydrogen-bond donors (Lipinski definition) is 1. The van der Waals surface area contributed by atoms with Gasteiger partial charge in [-0.15, -0.1) is 0 Å². The second kappa shape index (κ2) is 11.0. The Morgan fingerprint density at radius 1 is 1.12 bits per heavy atom. The number of nitrogens with zero attached hydrogens (tertiary/aromatic N) is 1. The number of sulfonamides is 1. The van der Waals surface area contributed by atoms with Crippen LogP contribution in [0.25, 0.3) is 0 Å². The first kappa shape index (κ1) is 27.6. The molecule has 1 N–H and O–H groups in total. The van der Waals surface area contributed by atoms with E-state index in [9.17, 15) is 13.2 Å². The van der Waals surface area contributed by atoms with E-state index in [1.807, 2.05) is 6.07 Å². The fourth-order valence-electron chi connectivity index (χ4n) is 7.06. The summed E-state index contributed by atoms with van der Waals surface area (Å²) in [5, 5.41) is 0.742. The first-order valence-electron chi connectivity index (χ1n) is 14.3. The predicted molar refractivity (Wildman–Crippen MR) is 156 cm³/mol. The number of halogens is 1. The van der Waals surface area contributed by atoms with Gasteiger partial charge in [-0.3, -0.25) is 4.79 Å². The third-order valence-electron chi connectivity index (χ3n) is 9.29. The van der Waals surface area contributed by atoms with Crippen LogP contribution in [0, 0.1) is 11.8 Å². The lowest BCUT2D eigenvalue weighted by molar-refractivity contribution is -0.119. The molecule has 1 spiro atoms. The SMILES string of the molecule is CO[C@H]1/C=C/CCCC(=O)NS(=O)(=O)c2ccc3c(c2)N(C[C@@H]2CC[C@H]21)C[C@@]1(CCCc2cc(Cl)ccc21)CO3. The highest BCUT2D eigenvalue weighted by Crippen LogP contribution is 2.47. The number of allylic oxidation sites excluding steroid dienone is 1. The van der Waals surface area contributed by atoms with E-state index in [0.717, 1.165) is 49.4 Å². The summed E-state index contributed by atoms with van der Waals surface area (Å²) in [7, 11) is -2.25. The Balaban J connectivity index is 1.43. The summed E-state index contributed by atoms with van der Waals surface area (Å²) in [4.78, 5) is 14.9. The van der Waals surface area contributed by atoms with Crippen LogP contribution < -0.4 is 14.4 Å². The first-order chi connectivity index (χ1) is 19.3. The molecule has 2 heterocycles. The highest BCUT2D eigenvalue weighted by Gasteiger charge is 2.44. The zero-order chi connectivity index (χ0) is 27.9. The molecule has 6 rings (SSSR count). The summed E-state index contributed by atoms with van der Waals surface area (Å²) in [5.74, 6) is 0.954. The first-order valence-corrected chi connectivity index (χ1v) is 16.2. The molecular weight excluding hydrogens is 548 g/mol. The third kappa shape index (κ3) is 5.26. The highest BCUT2D eigenvalue weighted by molar-refractivity contribution is 7.90. The number of methoxy groups -OCH3 is 1. The van der Waals surface area contributed by atoms with Gasteiger partial charge < -0.3 is 14.4 Å². The van der Waals surface area contributed by atoms with Crippen LogP contribution in [-0.2, 0) is 31.4 Å². The van der Waals surface area contributed by atoms with Crippen molar-refractivity contribution in [2.45, 2.75) is 67.8 Å². The molecule has 4 aliphatic rings. The minimum absolute atomic E-state index is 0.0152. The van der Waals surface area contributed by atoms with E-state index in [-0.39, 0.29) is 22.8 Å². The summed E-state index contributed by atoms with van der Waals surface area (Å²) in [6.07, 6.45) is 10.8. The molecule has 0 aromatic heterocycles. The van der Waals surface area contributed by atoms with Crippen molar-refractivity contribution >= 4 is 33.2 Å². The lowest BCUT2D eigenvalue weighted by Crippen LogP contribution is -2.49. The molecule has 1 fully saturated rings. The van der Waals surface area contributed by atoms with Crippen LogP contribution >= 0.6 is 11.6 Å². The number of carbonyl (C=O) groups is 1. The van der Waals surface area contributed by atoms with Crippen molar-refractivity contribution in [3.63, 3.8) is 0 Å². The quantitative estimate of drug-likeness (QED) is 0.452. The predicted octanol–water partition coefficient (Wildman–Crippen LogP) is 5.40. The lowest BCUT2D eigenvalue weighted by Gasteiger charge is -2.46. The molecule has 0 saturated heterocycles. The van der Waals surface area contributed by atoms with Crippen LogP contribution in [0.1, 0.15) is 56.1 Å². The Morgan fingerprint density at radius 2 is 2.00 bits per heavy atom. The van der Waals surface area contributed by atoms with Gasteiger partial charge in [0.25, 0.3) is 10.0 Å². The van der Waals surface area contributed by atoms with E-state index >= 15 is 0 Å². The van der Waals surface area contributed by atoms with Crippen molar-refractivity contribution in [3.8, 4) is 5.75 Å². The number of hydrogen-bond acceptors (Lipinski definition) is 6. The van der Waals surface area contributed by atoms with E-state index in [0.29, 0.717) is 43.6 Å². The number of aryl methyl sites for hydroxylation is 1. The van der Waals surface area contributed by atoms with E-state index < -0.39 is 15.9 Å². The van der Waals surface area contributed by atoms with Gasteiger partial charge in [-0.1, -0.05) is 29.8 Å².